The Hall–Kier alpha value is -1.87. The maximum absolute atomic E-state index is 5.58. The van der Waals surface area contributed by atoms with Crippen LogP contribution in [0.2, 0.25) is 0 Å². The number of benzene rings is 2. The minimum Gasteiger partial charge on any atom is -0.444 e. The molecule has 2 N–H and O–H groups in total. The zero-order valence-electron chi connectivity index (χ0n) is 15.2. The summed E-state index contributed by atoms with van der Waals surface area (Å²) in [6.07, 6.45) is 1.67. The number of oxazole rings is 1. The number of nitrogens with one attached hydrogen (secondary N) is 2. The van der Waals surface area contributed by atoms with Crippen molar-refractivity contribution < 1.29 is 4.42 Å². The van der Waals surface area contributed by atoms with Gasteiger partial charge >= 0.3 is 0 Å². The fraction of sp³-hybridized carbons (Fsp3) is 0.200. The lowest BCUT2D eigenvalue weighted by Crippen LogP contribution is -2.36. The molecule has 1 heterocycles. The van der Waals surface area contributed by atoms with Crippen LogP contribution in [0, 0.1) is 6.92 Å². The molecular weight excluding hydrogens is 519 g/mol. The highest BCUT2D eigenvalue weighted by Gasteiger charge is 2.07. The summed E-state index contributed by atoms with van der Waals surface area (Å²) in [5, 5.41) is 6.54. The molecule has 0 saturated heterocycles. The summed E-state index contributed by atoms with van der Waals surface area (Å²) < 4.78 is 6.64. The average Bonchev–Trinajstić information content (AvgIpc) is 3.11. The normalized spacial score (nSPS) is 11.0. The molecule has 142 valence electrons. The molecule has 0 aliphatic heterocycles. The van der Waals surface area contributed by atoms with Gasteiger partial charge in [-0.1, -0.05) is 45.8 Å². The molecule has 0 spiro atoms. The molecule has 2 aromatic carbocycles. The van der Waals surface area contributed by atoms with Gasteiger partial charge in [0.15, 0.2) is 5.96 Å². The number of rotatable bonds is 5. The minimum atomic E-state index is 0. The SMILES string of the molecule is CN=C(NCc1cccc(Br)c1)NCc1coc(-c2ccc(C)cc2)n1.I. The first-order valence-corrected chi connectivity index (χ1v) is 9.14. The smallest absolute Gasteiger partial charge is 0.226 e. The van der Waals surface area contributed by atoms with Gasteiger partial charge in [-0.05, 0) is 36.8 Å². The van der Waals surface area contributed by atoms with Crippen LogP contribution in [-0.4, -0.2) is 18.0 Å². The fourth-order valence-corrected chi connectivity index (χ4v) is 2.89. The molecule has 1 aromatic heterocycles. The van der Waals surface area contributed by atoms with Crippen molar-refractivity contribution >= 4 is 45.9 Å². The highest BCUT2D eigenvalue weighted by Crippen LogP contribution is 2.19. The second kappa shape index (κ2) is 10.5. The molecule has 3 rings (SSSR count). The highest BCUT2D eigenvalue weighted by molar-refractivity contribution is 14.0. The summed E-state index contributed by atoms with van der Waals surface area (Å²) in [5.74, 6) is 1.34. The van der Waals surface area contributed by atoms with Crippen LogP contribution in [0.3, 0.4) is 0 Å². The molecule has 0 unspecified atom stereocenters. The molecule has 3 aromatic rings. The summed E-state index contributed by atoms with van der Waals surface area (Å²) >= 11 is 3.48. The van der Waals surface area contributed by atoms with E-state index in [0.717, 1.165) is 15.7 Å². The Morgan fingerprint density at radius 1 is 1.11 bits per heavy atom. The molecule has 0 saturated carbocycles. The van der Waals surface area contributed by atoms with Gasteiger partial charge in [0.1, 0.15) is 6.26 Å². The lowest BCUT2D eigenvalue weighted by molar-refractivity contribution is 0.572. The third-order valence-corrected chi connectivity index (χ3v) is 4.35. The number of hydrogen-bond acceptors (Lipinski definition) is 3. The number of aliphatic imine (C=N–C) groups is 1. The van der Waals surface area contributed by atoms with E-state index in [1.807, 2.05) is 36.4 Å². The van der Waals surface area contributed by atoms with E-state index in [9.17, 15) is 0 Å². The standard InChI is InChI=1S/C20H21BrN4O.HI/c1-14-6-8-16(9-7-14)19-25-18(13-26-19)12-24-20(22-2)23-11-15-4-3-5-17(21)10-15;/h3-10,13H,11-12H2,1-2H3,(H2,22,23,24);1H. The van der Waals surface area contributed by atoms with E-state index in [1.165, 1.54) is 11.1 Å². The van der Waals surface area contributed by atoms with Crippen LogP contribution >= 0.6 is 39.9 Å². The zero-order chi connectivity index (χ0) is 18.4. The number of hydrogen-bond donors (Lipinski definition) is 2. The van der Waals surface area contributed by atoms with Crippen LogP contribution in [0.25, 0.3) is 11.5 Å². The third kappa shape index (κ3) is 6.35. The van der Waals surface area contributed by atoms with E-state index < -0.39 is 0 Å². The summed E-state index contributed by atoms with van der Waals surface area (Å²) in [7, 11) is 1.75. The molecule has 0 aliphatic rings. The largest absolute Gasteiger partial charge is 0.444 e. The molecule has 0 fully saturated rings. The van der Waals surface area contributed by atoms with E-state index in [0.29, 0.717) is 24.9 Å². The number of aryl methyl sites for hydroxylation is 1. The number of guanidine groups is 1. The van der Waals surface area contributed by atoms with E-state index in [4.69, 9.17) is 4.42 Å². The van der Waals surface area contributed by atoms with E-state index in [2.05, 4.69) is 55.6 Å². The second-order valence-electron chi connectivity index (χ2n) is 5.92. The lowest BCUT2D eigenvalue weighted by Gasteiger charge is -2.11. The van der Waals surface area contributed by atoms with E-state index in [-0.39, 0.29) is 24.0 Å². The van der Waals surface area contributed by atoms with Gasteiger partial charge in [0.2, 0.25) is 5.89 Å². The van der Waals surface area contributed by atoms with Gasteiger partial charge in [0.05, 0.1) is 12.2 Å². The Morgan fingerprint density at radius 3 is 2.56 bits per heavy atom. The van der Waals surface area contributed by atoms with Crippen molar-refractivity contribution in [2.24, 2.45) is 4.99 Å². The third-order valence-electron chi connectivity index (χ3n) is 3.86. The first kappa shape index (κ1) is 21.4. The molecule has 0 atom stereocenters. The Kier molecular flexibility index (Phi) is 8.30. The quantitative estimate of drug-likeness (QED) is 0.274. The van der Waals surface area contributed by atoms with Crippen molar-refractivity contribution in [2.75, 3.05) is 7.05 Å². The number of nitrogens with zero attached hydrogens (tertiary/aromatic N) is 2. The molecule has 7 heteroatoms. The molecule has 27 heavy (non-hydrogen) atoms. The van der Waals surface area contributed by atoms with Crippen molar-refractivity contribution in [3.63, 3.8) is 0 Å². The summed E-state index contributed by atoms with van der Waals surface area (Å²) in [6.45, 7) is 3.28. The summed E-state index contributed by atoms with van der Waals surface area (Å²) in [5.41, 5.74) is 4.18. The molecule has 0 aliphatic carbocycles. The second-order valence-corrected chi connectivity index (χ2v) is 6.83. The van der Waals surface area contributed by atoms with Gasteiger partial charge in [-0.3, -0.25) is 4.99 Å². The molecular formula is C20H22BrIN4O. The van der Waals surface area contributed by atoms with Gasteiger partial charge in [-0.25, -0.2) is 4.98 Å². The topological polar surface area (TPSA) is 62.5 Å². The van der Waals surface area contributed by atoms with Gasteiger partial charge in [0.25, 0.3) is 0 Å². The molecule has 0 amide bonds. The van der Waals surface area contributed by atoms with Crippen molar-refractivity contribution in [3.8, 4) is 11.5 Å². The van der Waals surface area contributed by atoms with Crippen molar-refractivity contribution in [2.45, 2.75) is 20.0 Å². The van der Waals surface area contributed by atoms with Crippen LogP contribution in [0.1, 0.15) is 16.8 Å². The maximum atomic E-state index is 5.58. The van der Waals surface area contributed by atoms with E-state index >= 15 is 0 Å². The predicted octanol–water partition coefficient (Wildman–Crippen LogP) is 4.90. The molecule has 5 nitrogen and oxygen atoms in total. The number of halogens is 2. The Bertz CT molecular complexity index is 893. The number of aromatic nitrogens is 1. The van der Waals surface area contributed by atoms with Crippen molar-refractivity contribution in [1.29, 1.82) is 0 Å². The van der Waals surface area contributed by atoms with Crippen molar-refractivity contribution in [3.05, 3.63) is 76.1 Å². The van der Waals surface area contributed by atoms with Gasteiger partial charge in [-0.15, -0.1) is 24.0 Å². The van der Waals surface area contributed by atoms with Crippen LogP contribution in [-0.2, 0) is 13.1 Å². The minimum absolute atomic E-state index is 0. The fourth-order valence-electron chi connectivity index (χ4n) is 2.44. The van der Waals surface area contributed by atoms with Gasteiger partial charge in [0, 0.05) is 23.6 Å². The van der Waals surface area contributed by atoms with Crippen molar-refractivity contribution in [1.82, 2.24) is 15.6 Å². The van der Waals surface area contributed by atoms with Crippen LogP contribution in [0.4, 0.5) is 0 Å². The predicted molar refractivity (Wildman–Crippen MR) is 123 cm³/mol. The van der Waals surface area contributed by atoms with Crippen LogP contribution in [0.15, 0.2) is 68.7 Å². The van der Waals surface area contributed by atoms with E-state index in [1.54, 1.807) is 13.3 Å². The maximum Gasteiger partial charge on any atom is 0.226 e. The Morgan fingerprint density at radius 2 is 1.85 bits per heavy atom. The summed E-state index contributed by atoms with van der Waals surface area (Å²) in [4.78, 5) is 8.77. The highest BCUT2D eigenvalue weighted by atomic mass is 127. The first-order valence-electron chi connectivity index (χ1n) is 8.34. The Labute approximate surface area is 184 Å². The van der Waals surface area contributed by atoms with Crippen LogP contribution < -0.4 is 10.6 Å². The zero-order valence-corrected chi connectivity index (χ0v) is 19.1. The molecule has 0 radical (unpaired) electrons. The molecule has 0 bridgehead atoms. The summed E-state index contributed by atoms with van der Waals surface area (Å²) in [6, 6.07) is 16.3. The Balaban J connectivity index is 0.00000261. The monoisotopic (exact) mass is 540 g/mol. The van der Waals surface area contributed by atoms with Gasteiger partial charge < -0.3 is 15.1 Å². The average molecular weight is 541 g/mol. The van der Waals surface area contributed by atoms with Crippen LogP contribution in [0.5, 0.6) is 0 Å². The first-order chi connectivity index (χ1) is 12.6. The lowest BCUT2D eigenvalue weighted by atomic mass is 10.1. The van der Waals surface area contributed by atoms with Gasteiger partial charge in [-0.2, -0.15) is 0 Å².